The molecule has 1 unspecified atom stereocenters. The van der Waals surface area contributed by atoms with Gasteiger partial charge in [-0.1, -0.05) is 17.8 Å². The van der Waals surface area contributed by atoms with Crippen LogP contribution in [-0.2, 0) is 11.3 Å². The second-order valence-electron chi connectivity index (χ2n) is 11.5. The van der Waals surface area contributed by atoms with Crippen molar-refractivity contribution in [3.05, 3.63) is 77.1 Å². The lowest BCUT2D eigenvalue weighted by Gasteiger charge is -2.31. The van der Waals surface area contributed by atoms with Crippen molar-refractivity contribution in [2.24, 2.45) is 0 Å². The zero-order valence-corrected chi connectivity index (χ0v) is 23.0. The molecule has 1 aliphatic carbocycles. The zero-order valence-electron chi connectivity index (χ0n) is 23.0. The van der Waals surface area contributed by atoms with Crippen molar-refractivity contribution in [3.63, 3.8) is 0 Å². The highest BCUT2D eigenvalue weighted by Gasteiger charge is 2.45. The van der Waals surface area contributed by atoms with Crippen molar-refractivity contribution < 1.29 is 23.7 Å². The minimum absolute atomic E-state index is 0.0917. The van der Waals surface area contributed by atoms with Gasteiger partial charge in [-0.3, -0.25) is 28.8 Å². The third-order valence-electron chi connectivity index (χ3n) is 8.57. The second kappa shape index (κ2) is 10.3. The van der Waals surface area contributed by atoms with E-state index in [9.17, 15) is 19.2 Å². The van der Waals surface area contributed by atoms with Crippen molar-refractivity contribution in [2.45, 2.75) is 63.1 Å². The third-order valence-corrected chi connectivity index (χ3v) is 8.57. The Hall–Kier alpha value is -4.74. The van der Waals surface area contributed by atoms with E-state index in [0.29, 0.717) is 55.5 Å². The van der Waals surface area contributed by atoms with Gasteiger partial charge in [0.2, 0.25) is 5.91 Å². The van der Waals surface area contributed by atoms with Gasteiger partial charge in [-0.05, 0) is 50.7 Å². The van der Waals surface area contributed by atoms with Crippen LogP contribution < -0.4 is 10.6 Å². The first-order valence-electron chi connectivity index (χ1n) is 14.4. The smallest absolute Gasteiger partial charge is 0.276 e. The molecule has 3 aromatic rings. The normalized spacial score (nSPS) is 21.1. The molecule has 4 aliphatic rings. The Bertz CT molecular complexity index is 1610. The summed E-state index contributed by atoms with van der Waals surface area (Å²) in [6.45, 7) is 5.39. The van der Waals surface area contributed by atoms with Crippen LogP contribution in [-0.4, -0.2) is 67.5 Å². The number of imide groups is 1. The number of rotatable bonds is 7. The summed E-state index contributed by atoms with van der Waals surface area (Å²) < 4.78 is 7.28. The number of nitrogens with zero attached hydrogens (tertiary/aromatic N) is 5. The Labute approximate surface area is 241 Å². The van der Waals surface area contributed by atoms with E-state index in [-0.39, 0.29) is 23.1 Å². The summed E-state index contributed by atoms with van der Waals surface area (Å²) >= 11 is 0. The number of amides is 4. The molecule has 3 fully saturated rings. The number of hydrogen-bond donors (Lipinski definition) is 2. The maximum absolute atomic E-state index is 13.4. The molecule has 2 saturated heterocycles. The Morgan fingerprint density at radius 2 is 1.90 bits per heavy atom. The molecule has 4 amide bonds. The molecule has 7 rings (SSSR count). The molecule has 0 bridgehead atoms. The Balaban J connectivity index is 0.972. The molecule has 1 saturated carbocycles. The molecule has 0 spiro atoms. The van der Waals surface area contributed by atoms with E-state index in [1.54, 1.807) is 30.5 Å². The van der Waals surface area contributed by atoms with Gasteiger partial charge in [0, 0.05) is 54.8 Å². The van der Waals surface area contributed by atoms with E-state index in [4.69, 9.17) is 4.52 Å². The first kappa shape index (κ1) is 26.2. The standard InChI is InChI=1S/C30H31N7O5/c1-17-5-8-24(27(38)33-17)37-28(39)21-3-2-4-22(26(21)30(37)41)31-14-18-15-32-36(16-18)20-9-11-35(12-10-20)29(40)23-13-25(42-34-23)19-6-7-19/h2-4,13,15-16,19-20,24,31H,1,5-12,14H2,(H,33,38). The predicted molar refractivity (Wildman–Crippen MR) is 149 cm³/mol. The monoisotopic (exact) mass is 569 g/mol. The van der Waals surface area contributed by atoms with Crippen LogP contribution in [0.2, 0.25) is 0 Å². The summed E-state index contributed by atoms with van der Waals surface area (Å²) in [5.74, 6) is -0.194. The SMILES string of the molecule is C=C1CCC(N2C(=O)c3cccc(NCc4cnn(C5CCN(C(=O)c6cc(C7CC7)on6)CC5)c4)c3C2=O)C(=O)N1. The van der Waals surface area contributed by atoms with Crippen LogP contribution in [0.4, 0.5) is 5.69 Å². The Kier molecular flexibility index (Phi) is 6.40. The Morgan fingerprint density at radius 1 is 1.10 bits per heavy atom. The van der Waals surface area contributed by atoms with Gasteiger partial charge in [-0.25, -0.2) is 0 Å². The molecule has 5 heterocycles. The number of piperidine rings is 2. The van der Waals surface area contributed by atoms with Crippen molar-refractivity contribution in [3.8, 4) is 0 Å². The van der Waals surface area contributed by atoms with Gasteiger partial charge in [0.05, 0.1) is 23.4 Å². The molecule has 42 heavy (non-hydrogen) atoms. The first-order valence-corrected chi connectivity index (χ1v) is 14.4. The van der Waals surface area contributed by atoms with E-state index in [2.05, 4.69) is 27.5 Å². The minimum Gasteiger partial charge on any atom is -0.380 e. The Morgan fingerprint density at radius 3 is 2.67 bits per heavy atom. The lowest BCUT2D eigenvalue weighted by atomic mass is 10.0. The van der Waals surface area contributed by atoms with Crippen LogP contribution >= 0.6 is 0 Å². The van der Waals surface area contributed by atoms with Crippen molar-refractivity contribution in [2.75, 3.05) is 18.4 Å². The number of carbonyl (C=O) groups excluding carboxylic acids is 4. The lowest BCUT2D eigenvalue weighted by Crippen LogP contribution is -2.51. The number of allylic oxidation sites excluding steroid dienone is 1. The van der Waals surface area contributed by atoms with E-state index in [0.717, 1.165) is 41.9 Å². The van der Waals surface area contributed by atoms with Crippen molar-refractivity contribution >= 4 is 29.3 Å². The largest absolute Gasteiger partial charge is 0.380 e. The van der Waals surface area contributed by atoms with Gasteiger partial charge in [-0.2, -0.15) is 5.10 Å². The summed E-state index contributed by atoms with van der Waals surface area (Å²) in [5, 5.41) is 14.5. The van der Waals surface area contributed by atoms with E-state index in [1.807, 2.05) is 15.8 Å². The van der Waals surface area contributed by atoms with Gasteiger partial charge in [0.15, 0.2) is 5.69 Å². The zero-order chi connectivity index (χ0) is 29.0. The van der Waals surface area contributed by atoms with Crippen LogP contribution in [0.25, 0.3) is 0 Å². The van der Waals surface area contributed by atoms with E-state index in [1.165, 1.54) is 0 Å². The highest BCUT2D eigenvalue weighted by molar-refractivity contribution is 6.25. The number of anilines is 1. The van der Waals surface area contributed by atoms with Gasteiger partial charge < -0.3 is 20.1 Å². The number of carbonyl (C=O) groups is 4. The summed E-state index contributed by atoms with van der Waals surface area (Å²) in [6, 6.07) is 6.19. The number of likely N-dealkylation sites (tertiary alicyclic amines) is 1. The van der Waals surface area contributed by atoms with E-state index >= 15 is 0 Å². The number of hydrogen-bond acceptors (Lipinski definition) is 8. The fourth-order valence-electron chi connectivity index (χ4n) is 6.05. The van der Waals surface area contributed by atoms with Gasteiger partial charge in [0.1, 0.15) is 11.8 Å². The average molecular weight is 570 g/mol. The van der Waals surface area contributed by atoms with Crippen molar-refractivity contribution in [1.82, 2.24) is 30.1 Å². The third kappa shape index (κ3) is 4.66. The van der Waals surface area contributed by atoms with Crippen LogP contribution in [0.15, 0.2) is 53.5 Å². The molecule has 12 heteroatoms. The average Bonchev–Trinajstić information content (AvgIpc) is 3.42. The summed E-state index contributed by atoms with van der Waals surface area (Å²) in [7, 11) is 0. The molecule has 2 aromatic heterocycles. The number of fused-ring (bicyclic) bond motifs is 1. The van der Waals surface area contributed by atoms with Crippen LogP contribution in [0.1, 0.15) is 93.0 Å². The molecule has 1 aromatic carbocycles. The van der Waals surface area contributed by atoms with Gasteiger partial charge in [-0.15, -0.1) is 0 Å². The van der Waals surface area contributed by atoms with Crippen LogP contribution in [0.3, 0.4) is 0 Å². The summed E-state index contributed by atoms with van der Waals surface area (Å²) in [4.78, 5) is 54.8. The van der Waals surface area contributed by atoms with Gasteiger partial charge in [0.25, 0.3) is 17.7 Å². The lowest BCUT2D eigenvalue weighted by molar-refractivity contribution is -0.125. The second-order valence-corrected chi connectivity index (χ2v) is 11.5. The summed E-state index contributed by atoms with van der Waals surface area (Å²) in [6.07, 6.45) is 8.35. The molecule has 1 atom stereocenters. The number of nitrogens with one attached hydrogen (secondary N) is 2. The molecule has 216 valence electrons. The molecule has 3 aliphatic heterocycles. The molecular weight excluding hydrogens is 538 g/mol. The van der Waals surface area contributed by atoms with Gasteiger partial charge >= 0.3 is 0 Å². The maximum atomic E-state index is 13.4. The first-order chi connectivity index (χ1) is 20.4. The quantitative estimate of drug-likeness (QED) is 0.413. The fourth-order valence-corrected chi connectivity index (χ4v) is 6.05. The van der Waals surface area contributed by atoms with Crippen molar-refractivity contribution in [1.29, 1.82) is 0 Å². The highest BCUT2D eigenvalue weighted by Crippen LogP contribution is 2.40. The highest BCUT2D eigenvalue weighted by atomic mass is 16.5. The fraction of sp³-hybridized carbons (Fsp3) is 0.400. The maximum Gasteiger partial charge on any atom is 0.276 e. The topological polar surface area (TPSA) is 143 Å². The molecular formula is C30H31N7O5. The van der Waals surface area contributed by atoms with Crippen LogP contribution in [0.5, 0.6) is 0 Å². The molecule has 12 nitrogen and oxygen atoms in total. The van der Waals surface area contributed by atoms with Crippen LogP contribution in [0, 0.1) is 0 Å². The molecule has 0 radical (unpaired) electrons. The van der Waals surface area contributed by atoms with E-state index < -0.39 is 23.8 Å². The minimum atomic E-state index is -0.855. The number of aromatic nitrogens is 3. The molecule has 2 N–H and O–H groups in total. The number of benzene rings is 1. The predicted octanol–water partition coefficient (Wildman–Crippen LogP) is 3.23. The summed E-state index contributed by atoms with van der Waals surface area (Å²) in [5.41, 5.74) is 2.98.